The molecule has 1 saturated carbocycles. The number of hydrogen-bond donors (Lipinski definition) is 3. The van der Waals surface area contributed by atoms with E-state index in [1.165, 1.54) is 35.2 Å². The van der Waals surface area contributed by atoms with E-state index >= 15 is 0 Å². The van der Waals surface area contributed by atoms with Crippen LogP contribution in [0.2, 0.25) is 5.02 Å². The summed E-state index contributed by atoms with van der Waals surface area (Å²) in [6.07, 6.45) is 9.60. The molecule has 1 spiro atoms. The van der Waals surface area contributed by atoms with Gasteiger partial charge in [-0.15, -0.1) is 0 Å². The number of carboxylic acids is 1. The number of pyridine rings is 1. The van der Waals surface area contributed by atoms with Gasteiger partial charge in [-0.25, -0.2) is 4.79 Å². The lowest BCUT2D eigenvalue weighted by atomic mass is 9.59. The molecular weight excluding hydrogens is 548 g/mol. The zero-order valence-electron chi connectivity index (χ0n) is 24.5. The van der Waals surface area contributed by atoms with E-state index in [-0.39, 0.29) is 11.2 Å². The summed E-state index contributed by atoms with van der Waals surface area (Å²) in [6, 6.07) is 15.1. The molecule has 3 aromatic rings. The Morgan fingerprint density at radius 3 is 2.74 bits per heavy atom. The number of phenols is 1. The van der Waals surface area contributed by atoms with Gasteiger partial charge in [0.2, 0.25) is 0 Å². The topological polar surface area (TPSA) is 91.7 Å². The van der Waals surface area contributed by atoms with E-state index in [1.54, 1.807) is 18.2 Å². The van der Waals surface area contributed by atoms with Crippen LogP contribution in [0.5, 0.6) is 11.5 Å². The molecule has 1 aromatic heterocycles. The third-order valence-electron chi connectivity index (χ3n) is 10.3. The van der Waals surface area contributed by atoms with Crippen LogP contribution < -0.4 is 10.1 Å². The van der Waals surface area contributed by atoms with Crippen molar-refractivity contribution in [3.8, 4) is 11.5 Å². The number of aromatic hydroxyl groups is 1. The fraction of sp³-hybridized carbons (Fsp3) is 0.486. The van der Waals surface area contributed by atoms with Crippen molar-refractivity contribution < 1.29 is 19.7 Å². The molecule has 0 aliphatic heterocycles. The van der Waals surface area contributed by atoms with E-state index in [1.807, 2.05) is 30.5 Å². The lowest BCUT2D eigenvalue weighted by Crippen LogP contribution is -2.53. The summed E-state index contributed by atoms with van der Waals surface area (Å²) in [6.45, 7) is 5.16. The highest BCUT2D eigenvalue weighted by Gasteiger charge is 2.54. The number of aromatic nitrogens is 1. The van der Waals surface area contributed by atoms with Crippen LogP contribution in [-0.2, 0) is 23.1 Å². The fourth-order valence-electron chi connectivity index (χ4n) is 8.09. The molecule has 222 valence electrons. The molecule has 3 aliphatic carbocycles. The standard InChI is InChI=1S/C35H41ClN2O4/c1-22(21-42-31-11-16-37-30-8-3-5-23(2)32(30)31)17-25-18-24-9-10-28(39)20-29(24)34(25)12-14-35(15-13-34,33(40)41)38-27-7-4-6-26(36)19-27/h4,6-7,9-11,16,19-20,22-23,25,38-39H,3,5,8,12-15,17-18,21H2,1-2H3,(H,40,41)/t22-,23+,25+,34?,35?/m1/s1. The normalized spacial score (nSPS) is 27.2. The van der Waals surface area contributed by atoms with Gasteiger partial charge >= 0.3 is 5.97 Å². The number of nitrogens with zero attached hydrogens (tertiary/aromatic N) is 1. The first kappa shape index (κ1) is 28.9. The Morgan fingerprint density at radius 1 is 1.17 bits per heavy atom. The second kappa shape index (κ2) is 11.4. The first-order valence-corrected chi connectivity index (χ1v) is 15.8. The van der Waals surface area contributed by atoms with Gasteiger partial charge in [-0.3, -0.25) is 4.98 Å². The third-order valence-corrected chi connectivity index (χ3v) is 10.5. The first-order valence-electron chi connectivity index (χ1n) is 15.4. The van der Waals surface area contributed by atoms with Crippen molar-refractivity contribution in [2.24, 2.45) is 11.8 Å². The van der Waals surface area contributed by atoms with Crippen LogP contribution >= 0.6 is 11.6 Å². The molecule has 0 saturated heterocycles. The van der Waals surface area contributed by atoms with E-state index in [2.05, 4.69) is 30.2 Å². The van der Waals surface area contributed by atoms with Gasteiger partial charge in [0.1, 0.15) is 17.0 Å². The Balaban J connectivity index is 1.21. The largest absolute Gasteiger partial charge is 0.508 e. The SMILES string of the molecule is C[C@@H](COc1ccnc2c1[C@@H](C)CCC2)C[C@H]1Cc2ccc(O)cc2C12CCC(Nc1cccc(Cl)c1)(C(=O)O)CC2. The van der Waals surface area contributed by atoms with Gasteiger partial charge in [0, 0.05) is 28.2 Å². The first-order chi connectivity index (χ1) is 20.2. The highest BCUT2D eigenvalue weighted by Crippen LogP contribution is 2.56. The van der Waals surface area contributed by atoms with Crippen molar-refractivity contribution in [3.05, 3.63) is 82.1 Å². The van der Waals surface area contributed by atoms with E-state index in [0.29, 0.717) is 42.2 Å². The molecule has 3 N–H and O–H groups in total. The average molecular weight is 589 g/mol. The molecule has 6 rings (SSSR count). The molecule has 1 heterocycles. The van der Waals surface area contributed by atoms with Gasteiger partial charge in [-0.1, -0.05) is 37.6 Å². The van der Waals surface area contributed by atoms with Crippen LogP contribution in [0.1, 0.15) is 87.1 Å². The second-order valence-electron chi connectivity index (χ2n) is 13.0. The van der Waals surface area contributed by atoms with E-state index in [9.17, 15) is 15.0 Å². The van der Waals surface area contributed by atoms with Crippen molar-refractivity contribution in [1.29, 1.82) is 0 Å². The molecule has 0 unspecified atom stereocenters. The van der Waals surface area contributed by atoms with Crippen molar-refractivity contribution in [2.45, 2.75) is 88.5 Å². The smallest absolute Gasteiger partial charge is 0.329 e. The monoisotopic (exact) mass is 588 g/mol. The van der Waals surface area contributed by atoms with Gasteiger partial charge in [0.05, 0.1) is 6.61 Å². The summed E-state index contributed by atoms with van der Waals surface area (Å²) < 4.78 is 6.48. The van der Waals surface area contributed by atoms with E-state index in [0.717, 1.165) is 43.5 Å². The molecule has 3 atom stereocenters. The molecule has 6 nitrogen and oxygen atoms in total. The predicted octanol–water partition coefficient (Wildman–Crippen LogP) is 7.91. The maximum Gasteiger partial charge on any atom is 0.329 e. The lowest BCUT2D eigenvalue weighted by Gasteiger charge is -2.47. The number of phenolic OH excluding ortho intramolecular Hbond substituents is 1. The van der Waals surface area contributed by atoms with Crippen LogP contribution in [0.15, 0.2) is 54.7 Å². The minimum absolute atomic E-state index is 0.179. The zero-order chi connectivity index (χ0) is 29.5. The number of halogens is 1. The number of carbonyl (C=O) groups is 1. The number of fused-ring (bicyclic) bond motifs is 3. The summed E-state index contributed by atoms with van der Waals surface area (Å²) >= 11 is 6.21. The van der Waals surface area contributed by atoms with Gasteiger partial charge in [0.25, 0.3) is 0 Å². The number of aliphatic carboxylic acids is 1. The number of nitrogens with one attached hydrogen (secondary N) is 1. The molecule has 0 bridgehead atoms. The Labute approximate surface area is 253 Å². The van der Waals surface area contributed by atoms with E-state index < -0.39 is 11.5 Å². The Morgan fingerprint density at radius 2 is 1.98 bits per heavy atom. The molecule has 0 radical (unpaired) electrons. The predicted molar refractivity (Wildman–Crippen MR) is 166 cm³/mol. The van der Waals surface area contributed by atoms with Crippen molar-refractivity contribution in [3.63, 3.8) is 0 Å². The zero-order valence-corrected chi connectivity index (χ0v) is 25.3. The summed E-state index contributed by atoms with van der Waals surface area (Å²) in [7, 11) is 0. The van der Waals surface area contributed by atoms with Crippen molar-refractivity contribution >= 4 is 23.3 Å². The van der Waals surface area contributed by atoms with Gasteiger partial charge in [0.15, 0.2) is 0 Å². The van der Waals surface area contributed by atoms with Crippen molar-refractivity contribution in [1.82, 2.24) is 4.98 Å². The summed E-state index contributed by atoms with van der Waals surface area (Å²) in [5.41, 5.74) is 4.40. The molecule has 3 aliphatic rings. The van der Waals surface area contributed by atoms with Crippen LogP contribution in [0, 0.1) is 11.8 Å². The highest BCUT2D eigenvalue weighted by molar-refractivity contribution is 6.30. The Kier molecular flexibility index (Phi) is 7.86. The number of rotatable bonds is 8. The number of ether oxygens (including phenoxy) is 1. The maximum atomic E-state index is 12.7. The molecule has 1 fully saturated rings. The number of anilines is 1. The lowest BCUT2D eigenvalue weighted by molar-refractivity contribution is -0.144. The number of carboxylic acid groups (broad SMARTS) is 1. The molecule has 0 amide bonds. The van der Waals surface area contributed by atoms with E-state index in [4.69, 9.17) is 16.3 Å². The van der Waals surface area contributed by atoms with Crippen molar-refractivity contribution in [2.75, 3.05) is 11.9 Å². The van der Waals surface area contributed by atoms with Crippen LogP contribution in [0.3, 0.4) is 0 Å². The maximum absolute atomic E-state index is 12.7. The van der Waals surface area contributed by atoms with Gasteiger partial charge < -0.3 is 20.3 Å². The number of aryl methyl sites for hydroxylation is 1. The minimum Gasteiger partial charge on any atom is -0.508 e. The quantitative estimate of drug-likeness (QED) is 0.248. The Hall–Kier alpha value is -3.25. The summed E-state index contributed by atoms with van der Waals surface area (Å²) in [5, 5.41) is 24.8. The number of hydrogen-bond acceptors (Lipinski definition) is 5. The van der Waals surface area contributed by atoms with Crippen LogP contribution in [-0.4, -0.2) is 33.3 Å². The second-order valence-corrected chi connectivity index (χ2v) is 13.5. The molecular formula is C35H41ClN2O4. The third kappa shape index (κ3) is 5.34. The highest BCUT2D eigenvalue weighted by atomic mass is 35.5. The van der Waals surface area contributed by atoms with Crippen LogP contribution in [0.4, 0.5) is 5.69 Å². The van der Waals surface area contributed by atoms with Gasteiger partial charge in [-0.05, 0) is 128 Å². The van der Waals surface area contributed by atoms with Gasteiger partial charge in [-0.2, -0.15) is 0 Å². The minimum atomic E-state index is -1.06. The summed E-state index contributed by atoms with van der Waals surface area (Å²) in [5.74, 6) is 1.53. The number of benzene rings is 2. The average Bonchev–Trinajstić information content (AvgIpc) is 3.24. The summed E-state index contributed by atoms with van der Waals surface area (Å²) in [4.78, 5) is 17.3. The Bertz CT molecular complexity index is 1470. The molecule has 7 heteroatoms. The molecule has 2 aromatic carbocycles. The van der Waals surface area contributed by atoms with Crippen LogP contribution in [0.25, 0.3) is 0 Å². The fourth-order valence-corrected chi connectivity index (χ4v) is 8.28. The molecule has 42 heavy (non-hydrogen) atoms.